The Kier molecular flexibility index (Phi) is 4.21. The predicted octanol–water partition coefficient (Wildman–Crippen LogP) is 4.92. The van der Waals surface area contributed by atoms with Crippen molar-refractivity contribution in [1.29, 1.82) is 0 Å². The molecule has 0 radical (unpaired) electrons. The fraction of sp³-hybridized carbons (Fsp3) is 0.0870. The first-order valence-electron chi connectivity index (χ1n) is 9.60. The van der Waals surface area contributed by atoms with Crippen LogP contribution < -0.4 is 10.6 Å². The van der Waals surface area contributed by atoms with E-state index in [-0.39, 0.29) is 6.04 Å². The Morgan fingerprint density at radius 2 is 1.87 bits per heavy atom. The van der Waals surface area contributed by atoms with Gasteiger partial charge in [-0.2, -0.15) is 5.10 Å². The Bertz CT molecular complexity index is 1320. The molecule has 4 aromatic rings. The number of nitrogens with one attached hydrogen (secondary N) is 3. The van der Waals surface area contributed by atoms with Crippen LogP contribution in [0.25, 0.3) is 21.7 Å². The number of urea groups is 2. The lowest BCUT2D eigenvalue weighted by molar-refractivity contribution is 0.199. The summed E-state index contributed by atoms with van der Waals surface area (Å²) in [5, 5.41) is 15.6. The molecular formula is C23H19N5O2. The average molecular weight is 397 g/mol. The molecular weight excluding hydrogens is 378 g/mol. The summed E-state index contributed by atoms with van der Waals surface area (Å²) in [5.74, 6) is 0. The number of benzene rings is 3. The topological polar surface area (TPSA) is 90.1 Å². The minimum Gasteiger partial charge on any atom is -0.327 e. The number of H-pyrrole nitrogens is 1. The highest BCUT2D eigenvalue weighted by molar-refractivity contribution is 6.03. The normalized spacial score (nSPS) is 16.4. The maximum Gasteiger partial charge on any atom is 0.334 e. The molecule has 0 fully saturated rings. The van der Waals surface area contributed by atoms with Crippen molar-refractivity contribution in [2.24, 2.45) is 0 Å². The van der Waals surface area contributed by atoms with Crippen LogP contribution in [-0.2, 0) is 0 Å². The van der Waals surface area contributed by atoms with Crippen LogP contribution >= 0.6 is 0 Å². The number of rotatable bonds is 2. The van der Waals surface area contributed by atoms with E-state index < -0.39 is 12.1 Å². The molecule has 3 N–H and O–H groups in total. The number of carbonyl (C=O) groups excluding carboxylic acids is 2. The number of hydrogen-bond donors (Lipinski definition) is 3. The Morgan fingerprint density at radius 1 is 1.03 bits per heavy atom. The maximum atomic E-state index is 12.8. The summed E-state index contributed by atoms with van der Waals surface area (Å²) < 4.78 is 0. The molecule has 7 nitrogen and oxygen atoms in total. The van der Waals surface area contributed by atoms with E-state index in [9.17, 15) is 9.59 Å². The van der Waals surface area contributed by atoms with Gasteiger partial charge in [0.25, 0.3) is 0 Å². The van der Waals surface area contributed by atoms with Crippen molar-refractivity contribution >= 4 is 39.4 Å². The second kappa shape index (κ2) is 7.04. The molecule has 148 valence electrons. The van der Waals surface area contributed by atoms with E-state index in [1.54, 1.807) is 25.3 Å². The second-order valence-corrected chi connectivity index (χ2v) is 7.28. The first-order chi connectivity index (χ1) is 14.6. The van der Waals surface area contributed by atoms with Gasteiger partial charge in [0.15, 0.2) is 0 Å². The van der Waals surface area contributed by atoms with Gasteiger partial charge in [0.2, 0.25) is 0 Å². The van der Waals surface area contributed by atoms with Gasteiger partial charge in [0.1, 0.15) is 0 Å². The predicted molar refractivity (Wildman–Crippen MR) is 116 cm³/mol. The first kappa shape index (κ1) is 17.9. The van der Waals surface area contributed by atoms with E-state index in [1.165, 1.54) is 0 Å². The van der Waals surface area contributed by atoms with E-state index in [4.69, 9.17) is 0 Å². The van der Waals surface area contributed by atoms with Gasteiger partial charge in [0.05, 0.1) is 17.8 Å². The van der Waals surface area contributed by atoms with Crippen LogP contribution in [0.3, 0.4) is 0 Å². The summed E-state index contributed by atoms with van der Waals surface area (Å²) in [7, 11) is 0. The lowest BCUT2D eigenvalue weighted by Crippen LogP contribution is -2.48. The zero-order chi connectivity index (χ0) is 20.7. The Balaban J connectivity index is 1.38. The minimum atomic E-state index is -0.513. The molecule has 1 aliphatic rings. The van der Waals surface area contributed by atoms with Gasteiger partial charge in [-0.3, -0.25) is 5.10 Å². The van der Waals surface area contributed by atoms with Gasteiger partial charge in [-0.25, -0.2) is 14.5 Å². The van der Waals surface area contributed by atoms with E-state index in [1.807, 2.05) is 48.5 Å². The molecule has 5 rings (SSSR count). The van der Waals surface area contributed by atoms with Gasteiger partial charge in [0, 0.05) is 16.8 Å². The van der Waals surface area contributed by atoms with Gasteiger partial charge in [-0.05, 0) is 53.6 Å². The summed E-state index contributed by atoms with van der Waals surface area (Å²) >= 11 is 0. The number of carbonyl (C=O) groups is 2. The van der Waals surface area contributed by atoms with Crippen LogP contribution in [0.4, 0.5) is 15.3 Å². The minimum absolute atomic E-state index is 0.298. The molecule has 1 aromatic heterocycles. The first-order valence-corrected chi connectivity index (χ1v) is 9.60. The van der Waals surface area contributed by atoms with Crippen LogP contribution in [-0.4, -0.2) is 27.2 Å². The third-order valence-corrected chi connectivity index (χ3v) is 5.27. The molecule has 1 atom stereocenters. The van der Waals surface area contributed by atoms with Crippen LogP contribution in [0.15, 0.2) is 78.6 Å². The quantitative estimate of drug-likeness (QED) is 0.448. The molecule has 7 heteroatoms. The van der Waals surface area contributed by atoms with Crippen molar-refractivity contribution in [3.8, 4) is 0 Å². The van der Waals surface area contributed by atoms with E-state index in [2.05, 4.69) is 26.9 Å². The molecule has 3 aromatic carbocycles. The largest absolute Gasteiger partial charge is 0.334 e. The van der Waals surface area contributed by atoms with E-state index >= 15 is 0 Å². The standard InChI is InChI=1S/C23H19N5O2/c1-14-10-21(17-7-6-15-4-2-3-5-16(15)11-17)26-23(30)28(14)22(29)25-19-8-9-20-18(12-19)13-24-27-20/h2-13,21H,1H3,(H,24,27)(H,25,29)(H,26,30). The van der Waals surface area contributed by atoms with Crippen molar-refractivity contribution in [3.05, 3.63) is 84.2 Å². The van der Waals surface area contributed by atoms with Crippen LogP contribution in [0.5, 0.6) is 0 Å². The number of imide groups is 1. The molecule has 30 heavy (non-hydrogen) atoms. The van der Waals surface area contributed by atoms with Gasteiger partial charge >= 0.3 is 12.1 Å². The number of amides is 4. The molecule has 2 heterocycles. The number of fused-ring (bicyclic) bond motifs is 2. The zero-order valence-electron chi connectivity index (χ0n) is 16.2. The second-order valence-electron chi connectivity index (χ2n) is 7.28. The maximum absolute atomic E-state index is 12.8. The SMILES string of the molecule is CC1=CC(c2ccc3ccccc3c2)NC(=O)N1C(=O)Nc1ccc2[nH]ncc2c1. The summed E-state index contributed by atoms with van der Waals surface area (Å²) in [4.78, 5) is 26.6. The van der Waals surface area contributed by atoms with Crippen LogP contribution in [0.1, 0.15) is 18.5 Å². The number of anilines is 1. The molecule has 0 bridgehead atoms. The van der Waals surface area contributed by atoms with Gasteiger partial charge in [-0.1, -0.05) is 36.4 Å². The lowest BCUT2D eigenvalue weighted by atomic mass is 10.00. The van der Waals surface area contributed by atoms with Crippen LogP contribution in [0.2, 0.25) is 0 Å². The van der Waals surface area contributed by atoms with Gasteiger partial charge in [-0.15, -0.1) is 0 Å². The summed E-state index contributed by atoms with van der Waals surface area (Å²) in [6.45, 7) is 1.76. The highest BCUT2D eigenvalue weighted by atomic mass is 16.2. The van der Waals surface area contributed by atoms with E-state index in [0.29, 0.717) is 11.4 Å². The van der Waals surface area contributed by atoms with Crippen molar-refractivity contribution < 1.29 is 9.59 Å². The molecule has 0 aliphatic carbocycles. The highest BCUT2D eigenvalue weighted by Gasteiger charge is 2.30. The van der Waals surface area contributed by atoms with Crippen molar-refractivity contribution in [3.63, 3.8) is 0 Å². The molecule has 4 amide bonds. The highest BCUT2D eigenvalue weighted by Crippen LogP contribution is 2.26. The molecule has 1 unspecified atom stereocenters. The number of hydrogen-bond acceptors (Lipinski definition) is 3. The van der Waals surface area contributed by atoms with Crippen molar-refractivity contribution in [1.82, 2.24) is 20.4 Å². The molecule has 0 spiro atoms. The molecule has 0 saturated carbocycles. The summed E-state index contributed by atoms with van der Waals surface area (Å²) in [6, 6.07) is 18.3. The van der Waals surface area contributed by atoms with Gasteiger partial charge < -0.3 is 10.6 Å². The summed E-state index contributed by atoms with van der Waals surface area (Å²) in [5.41, 5.74) is 3.00. The lowest BCUT2D eigenvalue weighted by Gasteiger charge is -2.30. The Morgan fingerprint density at radius 3 is 2.70 bits per heavy atom. The third kappa shape index (κ3) is 3.16. The average Bonchev–Trinajstić information content (AvgIpc) is 3.20. The number of allylic oxidation sites excluding steroid dienone is 1. The summed E-state index contributed by atoms with van der Waals surface area (Å²) in [6.07, 6.45) is 3.56. The zero-order valence-corrected chi connectivity index (χ0v) is 16.2. The molecule has 1 aliphatic heterocycles. The van der Waals surface area contributed by atoms with Crippen molar-refractivity contribution in [2.45, 2.75) is 13.0 Å². The number of aromatic nitrogens is 2. The Hall–Kier alpha value is -4.13. The number of aromatic amines is 1. The smallest absolute Gasteiger partial charge is 0.327 e. The third-order valence-electron chi connectivity index (χ3n) is 5.27. The monoisotopic (exact) mass is 397 g/mol. The van der Waals surface area contributed by atoms with Crippen molar-refractivity contribution in [2.75, 3.05) is 5.32 Å². The number of nitrogens with zero attached hydrogens (tertiary/aromatic N) is 2. The van der Waals surface area contributed by atoms with Crippen LogP contribution in [0, 0.1) is 0 Å². The fourth-order valence-electron chi connectivity index (χ4n) is 3.75. The molecule has 0 saturated heterocycles. The Labute approximate surface area is 172 Å². The fourth-order valence-corrected chi connectivity index (χ4v) is 3.75. The van der Waals surface area contributed by atoms with E-state index in [0.717, 1.165) is 32.1 Å².